The van der Waals surface area contributed by atoms with Gasteiger partial charge in [-0.25, -0.2) is 14.6 Å². The molecule has 0 atom stereocenters. The van der Waals surface area contributed by atoms with Crippen LogP contribution in [0.1, 0.15) is 21.7 Å². The van der Waals surface area contributed by atoms with E-state index in [9.17, 15) is 9.59 Å². The van der Waals surface area contributed by atoms with Crippen LogP contribution in [0.5, 0.6) is 0 Å². The summed E-state index contributed by atoms with van der Waals surface area (Å²) < 4.78 is 1.55. The zero-order valence-corrected chi connectivity index (χ0v) is 15.6. The van der Waals surface area contributed by atoms with Gasteiger partial charge in [0.05, 0.1) is 0 Å². The van der Waals surface area contributed by atoms with Crippen LogP contribution >= 0.6 is 0 Å². The van der Waals surface area contributed by atoms with Gasteiger partial charge in [0.2, 0.25) is 0 Å². The fourth-order valence-electron chi connectivity index (χ4n) is 3.30. The van der Waals surface area contributed by atoms with E-state index in [1.807, 2.05) is 6.07 Å². The van der Waals surface area contributed by atoms with Crippen LogP contribution in [0.25, 0.3) is 0 Å². The van der Waals surface area contributed by atoms with E-state index in [1.165, 1.54) is 24.4 Å². The number of amides is 1. The maximum Gasteiger partial charge on any atom is 0.263 e. The lowest BCUT2D eigenvalue weighted by molar-refractivity contribution is 0.0744. The average Bonchev–Trinajstić information content (AvgIpc) is 3.21. The Labute approximate surface area is 161 Å². The lowest BCUT2D eigenvalue weighted by atomic mass is 10.2. The van der Waals surface area contributed by atoms with E-state index in [-0.39, 0.29) is 11.5 Å². The molecule has 9 heteroatoms. The summed E-state index contributed by atoms with van der Waals surface area (Å²) in [5.41, 5.74) is 1.99. The van der Waals surface area contributed by atoms with Crippen LogP contribution in [-0.2, 0) is 6.54 Å². The normalized spacial score (nSPS) is 14.3. The van der Waals surface area contributed by atoms with Gasteiger partial charge in [0.1, 0.15) is 30.6 Å². The van der Waals surface area contributed by atoms with E-state index in [4.69, 9.17) is 0 Å². The predicted molar refractivity (Wildman–Crippen MR) is 103 cm³/mol. The largest absolute Gasteiger partial charge is 0.368 e. The first kappa shape index (κ1) is 17.9. The molecule has 0 radical (unpaired) electrons. The fraction of sp³-hybridized carbons (Fsp3) is 0.316. The molecule has 1 aliphatic rings. The van der Waals surface area contributed by atoms with Gasteiger partial charge in [-0.3, -0.25) is 9.59 Å². The summed E-state index contributed by atoms with van der Waals surface area (Å²) in [5, 5.41) is 3.97. The fourth-order valence-corrected chi connectivity index (χ4v) is 3.30. The number of anilines is 1. The lowest BCUT2D eigenvalue weighted by Gasteiger charge is -2.36. The molecular weight excluding hydrogens is 358 g/mol. The predicted octanol–water partition coefficient (Wildman–Crippen LogP) is 0.681. The van der Waals surface area contributed by atoms with Gasteiger partial charge in [0.25, 0.3) is 11.5 Å². The molecule has 0 aliphatic carbocycles. The Bertz CT molecular complexity index is 1020. The molecule has 0 bridgehead atoms. The third-order valence-electron chi connectivity index (χ3n) is 4.79. The summed E-state index contributed by atoms with van der Waals surface area (Å²) in [6.45, 7) is 4.93. The molecule has 0 spiro atoms. The monoisotopic (exact) mass is 379 g/mol. The smallest absolute Gasteiger partial charge is 0.263 e. The van der Waals surface area contributed by atoms with Crippen molar-refractivity contribution < 1.29 is 4.79 Å². The SMILES string of the molecule is Cc1cccc(N2CCN(C(=O)c3cnc(Cn4cncn4)[nH]c3=O)CC2)c1. The number of aryl methyl sites for hydroxylation is 1. The summed E-state index contributed by atoms with van der Waals surface area (Å²) in [4.78, 5) is 39.8. The van der Waals surface area contributed by atoms with Gasteiger partial charge >= 0.3 is 0 Å². The van der Waals surface area contributed by atoms with E-state index in [2.05, 4.69) is 50.1 Å². The van der Waals surface area contributed by atoms with Crippen molar-refractivity contribution >= 4 is 11.6 Å². The third kappa shape index (κ3) is 3.78. The first-order valence-corrected chi connectivity index (χ1v) is 9.11. The molecular formula is C19H21N7O2. The van der Waals surface area contributed by atoms with E-state index in [0.29, 0.717) is 25.5 Å². The summed E-state index contributed by atoms with van der Waals surface area (Å²) in [7, 11) is 0. The summed E-state index contributed by atoms with van der Waals surface area (Å²) in [5.74, 6) is 0.140. The number of H-pyrrole nitrogens is 1. The second-order valence-electron chi connectivity index (χ2n) is 6.78. The molecule has 144 valence electrons. The number of rotatable bonds is 4. The lowest BCUT2D eigenvalue weighted by Crippen LogP contribution is -2.49. The number of carbonyl (C=O) groups excluding carboxylic acids is 1. The number of aromatic amines is 1. The first-order chi connectivity index (χ1) is 13.6. The minimum atomic E-state index is -0.434. The van der Waals surface area contributed by atoms with Crippen molar-refractivity contribution in [2.75, 3.05) is 31.1 Å². The minimum absolute atomic E-state index is 0.0614. The summed E-state index contributed by atoms with van der Waals surface area (Å²) in [6, 6.07) is 8.32. The molecule has 4 rings (SSSR count). The average molecular weight is 379 g/mol. The van der Waals surface area contributed by atoms with Gasteiger partial charge in [-0.15, -0.1) is 0 Å². The van der Waals surface area contributed by atoms with Gasteiger partial charge in [0.15, 0.2) is 0 Å². The highest BCUT2D eigenvalue weighted by atomic mass is 16.2. The standard InChI is InChI=1S/C19H21N7O2/c1-14-3-2-4-15(9-14)24-5-7-25(8-6-24)19(28)16-10-21-17(23-18(16)27)11-26-13-20-12-22-26/h2-4,9-10,12-13H,5-8,11H2,1H3,(H,21,23,27). The molecule has 1 aliphatic heterocycles. The Hall–Kier alpha value is -3.49. The van der Waals surface area contributed by atoms with E-state index in [1.54, 1.807) is 9.58 Å². The molecule has 1 aromatic carbocycles. The van der Waals surface area contributed by atoms with Gasteiger partial charge < -0.3 is 14.8 Å². The zero-order chi connectivity index (χ0) is 19.5. The number of nitrogens with zero attached hydrogens (tertiary/aromatic N) is 6. The highest BCUT2D eigenvalue weighted by Gasteiger charge is 2.24. The summed E-state index contributed by atoms with van der Waals surface area (Å²) in [6.07, 6.45) is 4.29. The van der Waals surface area contributed by atoms with Crippen LogP contribution in [0.3, 0.4) is 0 Å². The number of hydrogen-bond donors (Lipinski definition) is 1. The van der Waals surface area contributed by atoms with Crippen LogP contribution in [0.15, 0.2) is 47.9 Å². The number of benzene rings is 1. The molecule has 0 saturated carbocycles. The second kappa shape index (κ2) is 7.63. The Morgan fingerprint density at radius 2 is 2.04 bits per heavy atom. The Morgan fingerprint density at radius 3 is 2.71 bits per heavy atom. The minimum Gasteiger partial charge on any atom is -0.368 e. The van der Waals surface area contributed by atoms with Gasteiger partial charge in [-0.2, -0.15) is 5.10 Å². The van der Waals surface area contributed by atoms with Crippen LogP contribution in [0, 0.1) is 6.92 Å². The zero-order valence-electron chi connectivity index (χ0n) is 15.6. The highest BCUT2D eigenvalue weighted by Crippen LogP contribution is 2.18. The van der Waals surface area contributed by atoms with Crippen molar-refractivity contribution in [3.8, 4) is 0 Å². The van der Waals surface area contributed by atoms with E-state index < -0.39 is 5.56 Å². The maximum absolute atomic E-state index is 12.8. The van der Waals surface area contributed by atoms with Crippen LogP contribution in [-0.4, -0.2) is 61.7 Å². The molecule has 2 aromatic heterocycles. The van der Waals surface area contributed by atoms with Crippen molar-refractivity contribution in [2.45, 2.75) is 13.5 Å². The van der Waals surface area contributed by atoms with Gasteiger partial charge in [-0.05, 0) is 24.6 Å². The molecule has 28 heavy (non-hydrogen) atoms. The number of carbonyl (C=O) groups is 1. The van der Waals surface area contributed by atoms with Gasteiger partial charge in [-0.1, -0.05) is 12.1 Å². The van der Waals surface area contributed by atoms with Crippen molar-refractivity contribution in [2.24, 2.45) is 0 Å². The van der Waals surface area contributed by atoms with Crippen molar-refractivity contribution in [1.29, 1.82) is 0 Å². The van der Waals surface area contributed by atoms with Crippen molar-refractivity contribution in [3.63, 3.8) is 0 Å². The maximum atomic E-state index is 12.8. The quantitative estimate of drug-likeness (QED) is 0.716. The molecule has 0 unspecified atom stereocenters. The third-order valence-corrected chi connectivity index (χ3v) is 4.79. The molecule has 1 amide bonds. The Morgan fingerprint density at radius 1 is 1.21 bits per heavy atom. The van der Waals surface area contributed by atoms with Crippen LogP contribution in [0.4, 0.5) is 5.69 Å². The van der Waals surface area contributed by atoms with Crippen LogP contribution in [0.2, 0.25) is 0 Å². The molecule has 1 N–H and O–H groups in total. The summed E-state index contributed by atoms with van der Waals surface area (Å²) >= 11 is 0. The molecule has 1 saturated heterocycles. The Balaban J connectivity index is 1.42. The molecule has 3 heterocycles. The molecule has 1 fully saturated rings. The topological polar surface area (TPSA) is 100 Å². The van der Waals surface area contributed by atoms with E-state index >= 15 is 0 Å². The number of aromatic nitrogens is 5. The van der Waals surface area contributed by atoms with Crippen molar-refractivity contribution in [1.82, 2.24) is 29.6 Å². The second-order valence-corrected chi connectivity index (χ2v) is 6.78. The molecule has 3 aromatic rings. The number of nitrogens with one attached hydrogen (secondary N) is 1. The Kier molecular flexibility index (Phi) is 4.88. The molecule has 9 nitrogen and oxygen atoms in total. The van der Waals surface area contributed by atoms with Crippen LogP contribution < -0.4 is 10.5 Å². The van der Waals surface area contributed by atoms with E-state index in [0.717, 1.165) is 18.8 Å². The highest BCUT2D eigenvalue weighted by molar-refractivity contribution is 5.93. The number of piperazine rings is 1. The van der Waals surface area contributed by atoms with Gasteiger partial charge in [0, 0.05) is 38.1 Å². The number of hydrogen-bond acceptors (Lipinski definition) is 6. The van der Waals surface area contributed by atoms with Crippen molar-refractivity contribution in [3.05, 3.63) is 70.4 Å². The first-order valence-electron chi connectivity index (χ1n) is 9.11.